The molecule has 0 radical (unpaired) electrons. The molecule has 2 aliphatic rings. The lowest BCUT2D eigenvalue weighted by Crippen LogP contribution is -2.44. The predicted molar refractivity (Wildman–Crippen MR) is 90.4 cm³/mol. The van der Waals surface area contributed by atoms with E-state index >= 15 is 0 Å². The highest BCUT2D eigenvalue weighted by Crippen LogP contribution is 2.36. The first-order valence-electron chi connectivity index (χ1n) is 8.66. The molecule has 2 atom stereocenters. The number of rotatable bonds is 3. The number of carbonyl (C=O) groups excluding carboxylic acids is 2. The van der Waals surface area contributed by atoms with Crippen molar-refractivity contribution in [3.8, 4) is 0 Å². The van der Waals surface area contributed by atoms with Crippen LogP contribution in [0.5, 0.6) is 0 Å². The average Bonchev–Trinajstić information content (AvgIpc) is 2.65. The minimum absolute atomic E-state index is 0.0209. The van der Waals surface area contributed by atoms with E-state index in [4.69, 9.17) is 0 Å². The van der Waals surface area contributed by atoms with E-state index in [1.54, 1.807) is 4.90 Å². The topological polar surface area (TPSA) is 89.8 Å². The van der Waals surface area contributed by atoms with Gasteiger partial charge < -0.3 is 9.64 Å². The summed E-state index contributed by atoms with van der Waals surface area (Å²) in [5.74, 6) is 0.264. The molecule has 1 saturated heterocycles. The van der Waals surface area contributed by atoms with Gasteiger partial charge >= 0.3 is 5.97 Å². The van der Waals surface area contributed by atoms with E-state index in [0.717, 1.165) is 18.9 Å². The van der Waals surface area contributed by atoms with Crippen LogP contribution in [0.15, 0.2) is 18.2 Å². The van der Waals surface area contributed by atoms with E-state index < -0.39 is 10.9 Å². The van der Waals surface area contributed by atoms with E-state index in [2.05, 4.69) is 4.74 Å². The number of likely N-dealkylation sites (tertiary alicyclic amines) is 1. The van der Waals surface area contributed by atoms with Gasteiger partial charge in [-0.2, -0.15) is 0 Å². The number of hydrogen-bond donors (Lipinski definition) is 0. The van der Waals surface area contributed by atoms with Crippen molar-refractivity contribution in [2.45, 2.75) is 32.1 Å². The molecule has 1 aliphatic carbocycles. The minimum Gasteiger partial charge on any atom is -0.465 e. The lowest BCUT2D eigenvalue weighted by atomic mass is 9.75. The van der Waals surface area contributed by atoms with E-state index in [9.17, 15) is 19.7 Å². The third-order valence-electron chi connectivity index (χ3n) is 5.38. The zero-order valence-electron chi connectivity index (χ0n) is 14.3. The fourth-order valence-corrected chi connectivity index (χ4v) is 4.04. The summed E-state index contributed by atoms with van der Waals surface area (Å²) in [6.07, 6.45) is 5.82. The Bertz CT molecular complexity index is 703. The second kappa shape index (κ2) is 7.21. The molecule has 1 amide bonds. The van der Waals surface area contributed by atoms with Crippen molar-refractivity contribution in [1.29, 1.82) is 0 Å². The number of hydrogen-bond acceptors (Lipinski definition) is 5. The van der Waals surface area contributed by atoms with Crippen molar-refractivity contribution in [2.24, 2.45) is 11.8 Å². The fraction of sp³-hybridized carbons (Fsp3) is 0.556. The van der Waals surface area contributed by atoms with Gasteiger partial charge in [0.2, 0.25) is 0 Å². The second-order valence-corrected chi connectivity index (χ2v) is 6.86. The number of nitro groups is 1. The maximum absolute atomic E-state index is 12.9. The maximum atomic E-state index is 12.9. The molecular weight excluding hydrogens is 324 g/mol. The highest BCUT2D eigenvalue weighted by molar-refractivity contribution is 5.99. The number of fused-ring (bicyclic) bond motifs is 1. The number of methoxy groups -OCH3 is 1. The number of esters is 1. The smallest absolute Gasteiger partial charge is 0.338 e. The number of benzene rings is 1. The number of nitro benzene ring substituents is 1. The van der Waals surface area contributed by atoms with Crippen LogP contribution in [0, 0.1) is 22.0 Å². The maximum Gasteiger partial charge on any atom is 0.338 e. The molecule has 0 spiro atoms. The molecule has 0 bridgehead atoms. The summed E-state index contributed by atoms with van der Waals surface area (Å²) in [4.78, 5) is 36.9. The summed E-state index contributed by atoms with van der Waals surface area (Å²) in [6, 6.07) is 3.76. The number of piperidine rings is 1. The summed E-state index contributed by atoms with van der Waals surface area (Å²) in [5, 5.41) is 11.1. The molecular formula is C18H22N2O5. The Morgan fingerprint density at radius 2 is 1.80 bits per heavy atom. The Labute approximate surface area is 146 Å². The third-order valence-corrected chi connectivity index (χ3v) is 5.38. The van der Waals surface area contributed by atoms with Gasteiger partial charge in [-0.1, -0.05) is 19.3 Å². The molecule has 2 fully saturated rings. The van der Waals surface area contributed by atoms with Crippen LogP contribution in [0.1, 0.15) is 52.8 Å². The van der Waals surface area contributed by atoms with Crippen molar-refractivity contribution < 1.29 is 19.2 Å². The van der Waals surface area contributed by atoms with E-state index in [1.807, 2.05) is 0 Å². The van der Waals surface area contributed by atoms with Gasteiger partial charge in [-0.05, 0) is 30.7 Å². The van der Waals surface area contributed by atoms with Crippen LogP contribution in [-0.4, -0.2) is 41.9 Å². The van der Waals surface area contributed by atoms with Crippen LogP contribution >= 0.6 is 0 Å². The largest absolute Gasteiger partial charge is 0.465 e. The number of nitrogens with zero attached hydrogens (tertiary/aromatic N) is 2. The van der Waals surface area contributed by atoms with Gasteiger partial charge in [0.25, 0.3) is 11.6 Å². The number of carbonyl (C=O) groups is 2. The summed E-state index contributed by atoms with van der Waals surface area (Å²) < 4.78 is 4.64. The number of amides is 1. The fourth-order valence-electron chi connectivity index (χ4n) is 4.04. The Morgan fingerprint density at radius 3 is 2.48 bits per heavy atom. The molecule has 3 rings (SSSR count). The lowest BCUT2D eigenvalue weighted by Gasteiger charge is -2.41. The molecule has 0 N–H and O–H groups in total. The normalized spacial score (nSPS) is 22.8. The van der Waals surface area contributed by atoms with Gasteiger partial charge in [-0.15, -0.1) is 0 Å². The summed E-state index contributed by atoms with van der Waals surface area (Å²) in [7, 11) is 1.20. The zero-order chi connectivity index (χ0) is 18.0. The molecule has 7 heteroatoms. The highest BCUT2D eigenvalue weighted by Gasteiger charge is 2.33. The summed E-state index contributed by atoms with van der Waals surface area (Å²) in [6.45, 7) is 1.36. The van der Waals surface area contributed by atoms with Crippen LogP contribution in [0.3, 0.4) is 0 Å². The summed E-state index contributed by atoms with van der Waals surface area (Å²) in [5.41, 5.74) is -0.0877. The van der Waals surface area contributed by atoms with E-state index in [0.29, 0.717) is 24.9 Å². The zero-order valence-corrected chi connectivity index (χ0v) is 14.3. The van der Waals surface area contributed by atoms with Crippen LogP contribution in [0.25, 0.3) is 0 Å². The molecule has 1 saturated carbocycles. The second-order valence-electron chi connectivity index (χ2n) is 6.86. The predicted octanol–water partition coefficient (Wildman–Crippen LogP) is 3.03. The van der Waals surface area contributed by atoms with E-state index in [-0.39, 0.29) is 22.7 Å². The molecule has 0 aromatic heterocycles. The molecule has 1 aromatic carbocycles. The van der Waals surface area contributed by atoms with E-state index in [1.165, 1.54) is 38.5 Å². The Hall–Kier alpha value is -2.44. The first-order chi connectivity index (χ1) is 12.0. The first-order valence-corrected chi connectivity index (χ1v) is 8.66. The van der Waals surface area contributed by atoms with Gasteiger partial charge in [0.15, 0.2) is 0 Å². The van der Waals surface area contributed by atoms with Crippen molar-refractivity contribution in [1.82, 2.24) is 4.90 Å². The van der Waals surface area contributed by atoms with Gasteiger partial charge in [0, 0.05) is 30.8 Å². The monoisotopic (exact) mass is 346 g/mol. The lowest BCUT2D eigenvalue weighted by molar-refractivity contribution is -0.384. The van der Waals surface area contributed by atoms with Gasteiger partial charge in [0.05, 0.1) is 17.6 Å². The molecule has 1 aliphatic heterocycles. The van der Waals surface area contributed by atoms with Crippen LogP contribution < -0.4 is 0 Å². The molecule has 134 valence electrons. The Balaban J connectivity index is 1.84. The first kappa shape index (κ1) is 17.4. The minimum atomic E-state index is -0.691. The van der Waals surface area contributed by atoms with Gasteiger partial charge in [0.1, 0.15) is 0 Å². The Morgan fingerprint density at radius 1 is 1.12 bits per heavy atom. The van der Waals surface area contributed by atoms with Crippen molar-refractivity contribution in [3.05, 3.63) is 39.4 Å². The molecule has 1 aromatic rings. The number of non-ortho nitro benzene ring substituents is 1. The van der Waals surface area contributed by atoms with Crippen LogP contribution in [0.4, 0.5) is 5.69 Å². The molecule has 25 heavy (non-hydrogen) atoms. The van der Waals surface area contributed by atoms with Crippen LogP contribution in [0.2, 0.25) is 0 Å². The van der Waals surface area contributed by atoms with Gasteiger partial charge in [-0.3, -0.25) is 14.9 Å². The molecule has 7 nitrogen and oxygen atoms in total. The molecule has 0 unspecified atom stereocenters. The Kier molecular flexibility index (Phi) is 5.01. The number of ether oxygens (including phenoxy) is 1. The van der Waals surface area contributed by atoms with Gasteiger partial charge in [-0.25, -0.2) is 4.79 Å². The quantitative estimate of drug-likeness (QED) is 0.477. The molecule has 1 heterocycles. The highest BCUT2D eigenvalue weighted by atomic mass is 16.6. The van der Waals surface area contributed by atoms with Crippen molar-refractivity contribution >= 4 is 17.6 Å². The summed E-state index contributed by atoms with van der Waals surface area (Å²) >= 11 is 0. The third kappa shape index (κ3) is 3.65. The van der Waals surface area contributed by atoms with Crippen molar-refractivity contribution in [3.63, 3.8) is 0 Å². The van der Waals surface area contributed by atoms with Crippen LogP contribution in [-0.2, 0) is 4.74 Å². The van der Waals surface area contributed by atoms with Crippen molar-refractivity contribution in [2.75, 3.05) is 20.2 Å². The standard InChI is InChI=1S/C18H22N2O5/c1-25-18(22)15-8-14(9-16(10-15)20(23)24)17(21)19-7-6-12-4-2-3-5-13(12)11-19/h8-10,12-13H,2-7,11H2,1H3/t12-,13-/m0/s1. The average molecular weight is 346 g/mol. The SMILES string of the molecule is COC(=O)c1cc(C(=O)N2CC[C@@H]3CCCC[C@H]3C2)cc([N+](=O)[O-])c1.